The van der Waals surface area contributed by atoms with Crippen molar-refractivity contribution in [2.45, 2.75) is 6.92 Å². The number of aliphatic imine (C=N–C) groups is 2. The van der Waals surface area contributed by atoms with Crippen molar-refractivity contribution in [3.8, 4) is 11.5 Å². The molecule has 2 N–H and O–H groups in total. The van der Waals surface area contributed by atoms with Gasteiger partial charge in [-0.2, -0.15) is 0 Å². The molecule has 0 heterocycles. The monoisotopic (exact) mass is 469 g/mol. The lowest BCUT2D eigenvalue weighted by atomic mass is 10.1. The van der Waals surface area contributed by atoms with Crippen LogP contribution in [-0.4, -0.2) is 11.4 Å². The predicted molar refractivity (Wildman–Crippen MR) is 149 cm³/mol. The molecule has 4 aromatic carbocycles. The molecule has 0 bridgehead atoms. The van der Waals surface area contributed by atoms with Gasteiger partial charge in [0, 0.05) is 35.7 Å². The lowest BCUT2D eigenvalue weighted by Crippen LogP contribution is -2.04. The van der Waals surface area contributed by atoms with E-state index in [4.69, 9.17) is 15.5 Å². The van der Waals surface area contributed by atoms with E-state index in [1.807, 2.05) is 109 Å². The molecular formula is C31H25N4O+. The standard InChI is InChI=1S/C31H25N4O/c1-22-2-18-30(19-3-22)36-31-20-16-29(17-21-31)35-28-14-12-27(13-15-28)34-26-10-8-25(9-11-26)33-24-6-4-23(32)5-7-24/h2-21,32-33H,1H3/q+1. The summed E-state index contributed by atoms with van der Waals surface area (Å²) >= 11 is 0. The van der Waals surface area contributed by atoms with Crippen LogP contribution in [0.3, 0.4) is 0 Å². The van der Waals surface area contributed by atoms with Crippen LogP contribution in [0.15, 0.2) is 126 Å². The summed E-state index contributed by atoms with van der Waals surface area (Å²) in [6.45, 7) is 2.05. The average Bonchev–Trinajstić information content (AvgIpc) is 2.90. The molecule has 0 atom stereocenters. The SMILES string of the molecule is Cc1ccc(Oc2ccc([N+]=C3C=CC(=Nc4ccc(Nc5ccc([NH])cc5)cc4)C=C3)cc2)cc1. The molecule has 1 aliphatic carbocycles. The van der Waals surface area contributed by atoms with Gasteiger partial charge in [0.15, 0.2) is 0 Å². The van der Waals surface area contributed by atoms with Gasteiger partial charge in [0.1, 0.15) is 11.5 Å². The summed E-state index contributed by atoms with van der Waals surface area (Å²) < 4.78 is 5.89. The predicted octanol–water partition coefficient (Wildman–Crippen LogP) is 7.75. The van der Waals surface area contributed by atoms with Crippen molar-refractivity contribution >= 4 is 39.9 Å². The molecule has 0 aromatic heterocycles. The lowest BCUT2D eigenvalue weighted by Gasteiger charge is -2.07. The van der Waals surface area contributed by atoms with Crippen LogP contribution in [0.25, 0.3) is 0 Å². The molecule has 5 rings (SSSR count). The molecule has 0 fully saturated rings. The Balaban J connectivity index is 1.19. The average molecular weight is 470 g/mol. The van der Waals surface area contributed by atoms with E-state index in [1.54, 1.807) is 12.1 Å². The first-order valence-corrected chi connectivity index (χ1v) is 11.7. The number of nitrogens with zero attached hydrogens (tertiary/aromatic N) is 2. The summed E-state index contributed by atoms with van der Waals surface area (Å²) in [7, 11) is 0. The zero-order chi connectivity index (χ0) is 24.7. The molecule has 2 radical (unpaired) electrons. The Bertz CT molecular complexity index is 1310. The molecular weight excluding hydrogens is 444 g/mol. The highest BCUT2D eigenvalue weighted by Crippen LogP contribution is 2.24. The van der Waals surface area contributed by atoms with E-state index >= 15 is 0 Å². The van der Waals surface area contributed by atoms with Crippen LogP contribution in [0.2, 0.25) is 0 Å². The van der Waals surface area contributed by atoms with Gasteiger partial charge in [-0.1, -0.05) is 17.7 Å². The normalized spacial score (nSPS) is 12.4. The van der Waals surface area contributed by atoms with Gasteiger partial charge in [0.2, 0.25) is 0 Å². The van der Waals surface area contributed by atoms with Gasteiger partial charge in [-0.3, -0.25) is 0 Å². The molecule has 4 aromatic rings. The number of anilines is 2. The van der Waals surface area contributed by atoms with E-state index in [0.29, 0.717) is 5.69 Å². The van der Waals surface area contributed by atoms with Crippen LogP contribution in [0.5, 0.6) is 11.5 Å². The minimum atomic E-state index is 0.495. The van der Waals surface area contributed by atoms with Crippen molar-refractivity contribution in [2.24, 2.45) is 4.99 Å². The summed E-state index contributed by atoms with van der Waals surface area (Å²) in [6.07, 6.45) is 7.84. The Morgan fingerprint density at radius 3 is 1.83 bits per heavy atom. The fourth-order valence-corrected chi connectivity index (χ4v) is 3.57. The Morgan fingerprint density at radius 2 is 1.22 bits per heavy atom. The minimum absolute atomic E-state index is 0.495. The molecule has 36 heavy (non-hydrogen) atoms. The van der Waals surface area contributed by atoms with Crippen LogP contribution in [0.4, 0.5) is 28.4 Å². The highest BCUT2D eigenvalue weighted by Gasteiger charge is 2.11. The van der Waals surface area contributed by atoms with Gasteiger partial charge in [0.05, 0.1) is 22.1 Å². The number of allylic oxidation sites excluding steroid dienone is 4. The maximum absolute atomic E-state index is 7.57. The number of nitrogens with one attached hydrogen (secondary N) is 2. The van der Waals surface area contributed by atoms with Crippen molar-refractivity contribution < 1.29 is 4.74 Å². The van der Waals surface area contributed by atoms with E-state index in [2.05, 4.69) is 17.2 Å². The van der Waals surface area contributed by atoms with E-state index in [9.17, 15) is 0 Å². The van der Waals surface area contributed by atoms with Crippen molar-refractivity contribution in [3.63, 3.8) is 0 Å². The van der Waals surface area contributed by atoms with Gasteiger partial charge < -0.3 is 15.8 Å². The third kappa shape index (κ3) is 6.15. The Morgan fingerprint density at radius 1 is 0.667 bits per heavy atom. The van der Waals surface area contributed by atoms with Crippen LogP contribution < -0.4 is 20.8 Å². The third-order valence-corrected chi connectivity index (χ3v) is 5.50. The van der Waals surface area contributed by atoms with Crippen molar-refractivity contribution in [3.05, 3.63) is 127 Å². The molecule has 1 aliphatic rings. The largest absolute Gasteiger partial charge is 0.457 e. The van der Waals surface area contributed by atoms with E-state index < -0.39 is 0 Å². The van der Waals surface area contributed by atoms with Gasteiger partial charge >= 0.3 is 0 Å². The Hall–Kier alpha value is -4.90. The summed E-state index contributed by atoms with van der Waals surface area (Å²) in [4.78, 5) is 9.38. The van der Waals surface area contributed by atoms with Gasteiger partial charge in [-0.05, 0) is 91.9 Å². The summed E-state index contributed by atoms with van der Waals surface area (Å²) in [5, 5.41) is 3.32. The van der Waals surface area contributed by atoms with Gasteiger partial charge in [0.25, 0.3) is 11.4 Å². The first-order valence-electron chi connectivity index (χ1n) is 11.7. The summed E-state index contributed by atoms with van der Waals surface area (Å²) in [5.74, 6) is 1.59. The van der Waals surface area contributed by atoms with Crippen LogP contribution >= 0.6 is 0 Å². The summed E-state index contributed by atoms with van der Waals surface area (Å²) in [6, 6.07) is 30.9. The zero-order valence-electron chi connectivity index (χ0n) is 19.8. The fraction of sp³-hybridized carbons (Fsp3) is 0.0323. The number of hydrogen-bond donors (Lipinski definition) is 1. The van der Waals surface area contributed by atoms with Crippen molar-refractivity contribution in [2.75, 3.05) is 5.32 Å². The molecule has 0 spiro atoms. The molecule has 5 nitrogen and oxygen atoms in total. The first-order chi connectivity index (χ1) is 17.6. The van der Waals surface area contributed by atoms with E-state index in [0.717, 1.165) is 45.7 Å². The quantitative estimate of drug-likeness (QED) is 0.293. The highest BCUT2D eigenvalue weighted by atomic mass is 16.5. The van der Waals surface area contributed by atoms with Crippen LogP contribution in [0.1, 0.15) is 5.56 Å². The highest BCUT2D eigenvalue weighted by molar-refractivity contribution is 6.19. The molecule has 0 unspecified atom stereocenters. The maximum atomic E-state index is 7.57. The molecule has 0 saturated carbocycles. The fourth-order valence-electron chi connectivity index (χ4n) is 3.57. The van der Waals surface area contributed by atoms with Crippen molar-refractivity contribution in [1.29, 1.82) is 0 Å². The maximum Gasteiger partial charge on any atom is 0.278 e. The molecule has 5 heteroatoms. The first kappa shape index (κ1) is 22.9. The second-order valence-corrected chi connectivity index (χ2v) is 8.40. The van der Waals surface area contributed by atoms with Crippen LogP contribution in [-0.2, 0) is 0 Å². The second-order valence-electron chi connectivity index (χ2n) is 8.40. The molecule has 0 aliphatic heterocycles. The molecule has 174 valence electrons. The molecule has 0 amide bonds. The van der Waals surface area contributed by atoms with Crippen molar-refractivity contribution in [1.82, 2.24) is 10.7 Å². The number of rotatable bonds is 6. The van der Waals surface area contributed by atoms with Crippen LogP contribution in [0, 0.1) is 6.92 Å². The number of hydrogen-bond acceptors (Lipinski definition) is 4. The van der Waals surface area contributed by atoms with Gasteiger partial charge in [-0.15, -0.1) is 0 Å². The number of benzene rings is 4. The summed E-state index contributed by atoms with van der Waals surface area (Å²) in [5.41, 5.74) is 14.6. The zero-order valence-corrected chi connectivity index (χ0v) is 19.8. The Kier molecular flexibility index (Phi) is 6.72. The van der Waals surface area contributed by atoms with E-state index in [-0.39, 0.29) is 0 Å². The third-order valence-electron chi connectivity index (χ3n) is 5.50. The smallest absolute Gasteiger partial charge is 0.278 e. The topological polar surface area (TPSA) is 71.5 Å². The number of aryl methyl sites for hydroxylation is 1. The van der Waals surface area contributed by atoms with E-state index in [1.165, 1.54) is 5.56 Å². The number of ether oxygens (including phenoxy) is 1. The Labute approximate surface area is 211 Å². The molecule has 0 saturated heterocycles. The second kappa shape index (κ2) is 10.6. The lowest BCUT2D eigenvalue weighted by molar-refractivity contribution is 0.482. The van der Waals surface area contributed by atoms with Gasteiger partial charge in [-0.25, -0.2) is 4.99 Å². The minimum Gasteiger partial charge on any atom is -0.457 e.